The topological polar surface area (TPSA) is 73.6 Å². The second-order valence-electron chi connectivity index (χ2n) is 3.70. The fourth-order valence-electron chi connectivity index (χ4n) is 1.61. The van der Waals surface area contributed by atoms with Crippen molar-refractivity contribution >= 4 is 18.3 Å². The standard InChI is InChI=1S/C10H20N2O3.ClH/c1-14-6-2-5-12-10(13)9-4-3-8(7-11)15-9;/h8-9H,2-7,11H2,1H3,(H,12,13);1H/t8-,9+;/m1./s1. The lowest BCUT2D eigenvalue weighted by atomic mass is 10.2. The second-order valence-corrected chi connectivity index (χ2v) is 3.70. The van der Waals surface area contributed by atoms with Gasteiger partial charge in [-0.3, -0.25) is 4.79 Å². The molecule has 0 radical (unpaired) electrons. The lowest BCUT2D eigenvalue weighted by Crippen LogP contribution is -2.36. The predicted octanol–water partition coefficient (Wildman–Crippen LogP) is 0.0672. The van der Waals surface area contributed by atoms with Gasteiger partial charge >= 0.3 is 0 Å². The van der Waals surface area contributed by atoms with Gasteiger partial charge < -0.3 is 20.5 Å². The third-order valence-electron chi connectivity index (χ3n) is 2.49. The van der Waals surface area contributed by atoms with Crippen LogP contribution in [-0.4, -0.2) is 44.9 Å². The Morgan fingerprint density at radius 3 is 2.88 bits per heavy atom. The van der Waals surface area contributed by atoms with E-state index in [2.05, 4.69) is 5.32 Å². The van der Waals surface area contributed by atoms with Gasteiger partial charge in [-0.05, 0) is 19.3 Å². The number of ether oxygens (including phenoxy) is 2. The molecule has 0 aliphatic carbocycles. The zero-order chi connectivity index (χ0) is 11.1. The summed E-state index contributed by atoms with van der Waals surface area (Å²) in [6, 6.07) is 0. The average Bonchev–Trinajstić information content (AvgIpc) is 2.72. The Labute approximate surface area is 102 Å². The maximum Gasteiger partial charge on any atom is 0.249 e. The molecule has 0 aromatic rings. The zero-order valence-corrected chi connectivity index (χ0v) is 10.4. The third kappa shape index (κ3) is 5.12. The van der Waals surface area contributed by atoms with Gasteiger partial charge in [-0.15, -0.1) is 12.4 Å². The quantitative estimate of drug-likeness (QED) is 0.656. The van der Waals surface area contributed by atoms with Crippen LogP contribution in [0, 0.1) is 0 Å². The molecule has 3 N–H and O–H groups in total. The van der Waals surface area contributed by atoms with E-state index in [0.29, 0.717) is 19.7 Å². The molecule has 2 atom stereocenters. The van der Waals surface area contributed by atoms with E-state index < -0.39 is 0 Å². The number of carbonyl (C=O) groups is 1. The molecule has 96 valence electrons. The number of nitrogens with one attached hydrogen (secondary N) is 1. The molecule has 0 bridgehead atoms. The molecule has 1 amide bonds. The molecule has 5 nitrogen and oxygen atoms in total. The maximum atomic E-state index is 11.6. The number of hydrogen-bond donors (Lipinski definition) is 2. The largest absolute Gasteiger partial charge is 0.385 e. The molecule has 1 aliphatic rings. The molecule has 0 saturated carbocycles. The van der Waals surface area contributed by atoms with Crippen LogP contribution in [0.4, 0.5) is 0 Å². The SMILES string of the molecule is COCCCNC(=O)[C@@H]1CC[C@H](CN)O1.Cl. The summed E-state index contributed by atoms with van der Waals surface area (Å²) in [6.45, 7) is 1.80. The molecule has 1 rings (SSSR count). The summed E-state index contributed by atoms with van der Waals surface area (Å²) in [5, 5.41) is 2.82. The lowest BCUT2D eigenvalue weighted by molar-refractivity contribution is -0.131. The van der Waals surface area contributed by atoms with Crippen molar-refractivity contribution in [2.24, 2.45) is 5.73 Å². The van der Waals surface area contributed by atoms with Crippen molar-refractivity contribution < 1.29 is 14.3 Å². The van der Waals surface area contributed by atoms with Crippen molar-refractivity contribution in [2.75, 3.05) is 26.8 Å². The number of amides is 1. The van der Waals surface area contributed by atoms with Gasteiger partial charge in [0.25, 0.3) is 0 Å². The Morgan fingerprint density at radius 1 is 1.56 bits per heavy atom. The lowest BCUT2D eigenvalue weighted by Gasteiger charge is -2.12. The highest BCUT2D eigenvalue weighted by Crippen LogP contribution is 2.18. The summed E-state index contributed by atoms with van der Waals surface area (Å²) >= 11 is 0. The first-order valence-corrected chi connectivity index (χ1v) is 5.40. The van der Waals surface area contributed by atoms with Gasteiger partial charge in [0.2, 0.25) is 5.91 Å². The van der Waals surface area contributed by atoms with Gasteiger partial charge in [-0.1, -0.05) is 0 Å². The van der Waals surface area contributed by atoms with Gasteiger partial charge in [-0.25, -0.2) is 0 Å². The number of nitrogens with two attached hydrogens (primary N) is 1. The Kier molecular flexibility index (Phi) is 8.56. The summed E-state index contributed by atoms with van der Waals surface area (Å²) in [4.78, 5) is 11.6. The first-order chi connectivity index (χ1) is 7.27. The van der Waals surface area contributed by atoms with E-state index in [1.807, 2.05) is 0 Å². The average molecular weight is 253 g/mol. The molecule has 1 saturated heterocycles. The Bertz CT molecular complexity index is 205. The molecule has 0 spiro atoms. The maximum absolute atomic E-state index is 11.6. The minimum atomic E-state index is -0.305. The van der Waals surface area contributed by atoms with Crippen molar-refractivity contribution in [3.8, 4) is 0 Å². The first-order valence-electron chi connectivity index (χ1n) is 5.40. The van der Waals surface area contributed by atoms with E-state index in [1.165, 1.54) is 0 Å². The molecule has 6 heteroatoms. The summed E-state index contributed by atoms with van der Waals surface area (Å²) in [6.07, 6.45) is 2.24. The van der Waals surface area contributed by atoms with E-state index >= 15 is 0 Å². The Hall–Kier alpha value is -0.360. The van der Waals surface area contributed by atoms with Crippen molar-refractivity contribution in [1.29, 1.82) is 0 Å². The fourth-order valence-corrected chi connectivity index (χ4v) is 1.61. The highest BCUT2D eigenvalue weighted by molar-refractivity contribution is 5.85. The van der Waals surface area contributed by atoms with E-state index in [0.717, 1.165) is 19.3 Å². The molecule has 0 unspecified atom stereocenters. The molecular formula is C10H21ClN2O3. The number of rotatable bonds is 6. The van der Waals surface area contributed by atoms with E-state index in [1.54, 1.807) is 7.11 Å². The Morgan fingerprint density at radius 2 is 2.31 bits per heavy atom. The highest BCUT2D eigenvalue weighted by Gasteiger charge is 2.29. The van der Waals surface area contributed by atoms with E-state index in [-0.39, 0.29) is 30.5 Å². The van der Waals surface area contributed by atoms with Crippen molar-refractivity contribution in [3.63, 3.8) is 0 Å². The van der Waals surface area contributed by atoms with Gasteiger partial charge in [0.05, 0.1) is 6.10 Å². The van der Waals surface area contributed by atoms with Gasteiger partial charge in [-0.2, -0.15) is 0 Å². The number of hydrogen-bond acceptors (Lipinski definition) is 4. The number of carbonyl (C=O) groups excluding carboxylic acids is 1. The zero-order valence-electron chi connectivity index (χ0n) is 9.61. The van der Waals surface area contributed by atoms with Crippen LogP contribution in [0.2, 0.25) is 0 Å². The van der Waals surface area contributed by atoms with Gasteiger partial charge in [0, 0.05) is 26.8 Å². The molecule has 1 fully saturated rings. The van der Waals surface area contributed by atoms with Crippen LogP contribution in [-0.2, 0) is 14.3 Å². The molecule has 16 heavy (non-hydrogen) atoms. The summed E-state index contributed by atoms with van der Waals surface area (Å²) in [7, 11) is 1.65. The molecule has 1 heterocycles. The van der Waals surface area contributed by atoms with Crippen LogP contribution >= 0.6 is 12.4 Å². The number of halogens is 1. The van der Waals surface area contributed by atoms with Crippen molar-refractivity contribution in [1.82, 2.24) is 5.32 Å². The van der Waals surface area contributed by atoms with Gasteiger partial charge in [0.1, 0.15) is 6.10 Å². The second kappa shape index (κ2) is 8.75. The summed E-state index contributed by atoms with van der Waals surface area (Å²) in [5.41, 5.74) is 5.46. The van der Waals surface area contributed by atoms with Crippen LogP contribution in [0.5, 0.6) is 0 Å². The minimum absolute atomic E-state index is 0. The minimum Gasteiger partial charge on any atom is -0.385 e. The van der Waals surface area contributed by atoms with E-state index in [4.69, 9.17) is 15.2 Å². The van der Waals surface area contributed by atoms with Crippen molar-refractivity contribution in [2.45, 2.75) is 31.5 Å². The van der Waals surface area contributed by atoms with Crippen LogP contribution < -0.4 is 11.1 Å². The summed E-state index contributed by atoms with van der Waals surface area (Å²) in [5.74, 6) is -0.0259. The first kappa shape index (κ1) is 15.6. The monoisotopic (exact) mass is 252 g/mol. The predicted molar refractivity (Wildman–Crippen MR) is 63.7 cm³/mol. The van der Waals surface area contributed by atoms with Crippen molar-refractivity contribution in [3.05, 3.63) is 0 Å². The third-order valence-corrected chi connectivity index (χ3v) is 2.49. The smallest absolute Gasteiger partial charge is 0.249 e. The molecule has 1 aliphatic heterocycles. The molecule has 0 aromatic carbocycles. The molecule has 0 aromatic heterocycles. The van der Waals surface area contributed by atoms with Crippen LogP contribution in [0.25, 0.3) is 0 Å². The fraction of sp³-hybridized carbons (Fsp3) is 0.900. The van der Waals surface area contributed by atoms with Gasteiger partial charge in [0.15, 0.2) is 0 Å². The van der Waals surface area contributed by atoms with Crippen LogP contribution in [0.15, 0.2) is 0 Å². The number of methoxy groups -OCH3 is 1. The molecular weight excluding hydrogens is 232 g/mol. The Balaban J connectivity index is 0.00000225. The normalized spacial score (nSPS) is 23.9. The van der Waals surface area contributed by atoms with Crippen LogP contribution in [0.3, 0.4) is 0 Å². The highest BCUT2D eigenvalue weighted by atomic mass is 35.5. The van der Waals surface area contributed by atoms with Crippen LogP contribution in [0.1, 0.15) is 19.3 Å². The van der Waals surface area contributed by atoms with E-state index in [9.17, 15) is 4.79 Å². The summed E-state index contributed by atoms with van der Waals surface area (Å²) < 4.78 is 10.3.